The van der Waals surface area contributed by atoms with Crippen LogP contribution in [0, 0.1) is 0 Å². The Morgan fingerprint density at radius 3 is 2.94 bits per heavy atom. The summed E-state index contributed by atoms with van der Waals surface area (Å²) in [6.07, 6.45) is 9.23. The van der Waals surface area contributed by atoms with Crippen LogP contribution in [0.2, 0.25) is 0 Å². The van der Waals surface area contributed by atoms with Crippen LogP contribution in [0.25, 0.3) is 16.7 Å². The lowest BCUT2D eigenvalue weighted by Crippen LogP contribution is -2.41. The van der Waals surface area contributed by atoms with Gasteiger partial charge in [-0.05, 0) is 56.5 Å². The van der Waals surface area contributed by atoms with Crippen molar-refractivity contribution in [2.75, 3.05) is 6.54 Å². The lowest BCUT2D eigenvalue weighted by Gasteiger charge is -2.31. The van der Waals surface area contributed by atoms with E-state index in [1.165, 1.54) is 5.70 Å². The number of carbonyl (C=O) groups is 1. The second kappa shape index (κ2) is 8.26. The SMILES string of the molecule is CCN(C(=O)c1nc2ccccc2[nH]1)[C@@H]1C=C(NCc2cn3ccccc3n2)CCC1. The first-order valence-electron chi connectivity index (χ1n) is 10.8. The minimum Gasteiger partial charge on any atom is -0.383 e. The zero-order chi connectivity index (χ0) is 21.2. The van der Waals surface area contributed by atoms with Crippen molar-refractivity contribution in [3.8, 4) is 0 Å². The van der Waals surface area contributed by atoms with Crippen molar-refractivity contribution in [2.45, 2.75) is 38.8 Å². The van der Waals surface area contributed by atoms with Crippen LogP contribution in [0.1, 0.15) is 42.5 Å². The highest BCUT2D eigenvalue weighted by Crippen LogP contribution is 2.23. The van der Waals surface area contributed by atoms with E-state index >= 15 is 0 Å². The van der Waals surface area contributed by atoms with E-state index in [-0.39, 0.29) is 11.9 Å². The number of H-pyrrole nitrogens is 1. The molecular formula is C24H26N6O. The molecule has 3 heterocycles. The van der Waals surface area contributed by atoms with Gasteiger partial charge >= 0.3 is 0 Å². The molecule has 7 nitrogen and oxygen atoms in total. The molecule has 0 saturated heterocycles. The van der Waals surface area contributed by atoms with Crippen molar-refractivity contribution in [2.24, 2.45) is 0 Å². The Hall–Kier alpha value is -3.61. The molecule has 4 aromatic rings. The van der Waals surface area contributed by atoms with E-state index in [4.69, 9.17) is 0 Å². The summed E-state index contributed by atoms with van der Waals surface area (Å²) in [5.74, 6) is 0.350. The third kappa shape index (κ3) is 3.91. The number of carbonyl (C=O) groups excluding carboxylic acids is 1. The molecule has 158 valence electrons. The molecule has 1 atom stereocenters. The predicted molar refractivity (Wildman–Crippen MR) is 121 cm³/mol. The van der Waals surface area contributed by atoms with E-state index < -0.39 is 0 Å². The Kier molecular flexibility index (Phi) is 5.16. The summed E-state index contributed by atoms with van der Waals surface area (Å²) in [5.41, 5.74) is 4.82. The molecule has 1 aromatic carbocycles. The standard InChI is InChI=1S/C24H26N6O/c1-2-30(24(31)23-27-20-10-3-4-11-21(20)28-23)19-9-7-8-17(14-19)25-15-18-16-29-13-6-5-12-22(29)26-18/h3-6,10-14,16,19,25H,2,7-9,15H2,1H3,(H,27,28)/t19-/m0/s1. The average molecular weight is 415 g/mol. The van der Waals surface area contributed by atoms with Crippen molar-refractivity contribution in [1.82, 2.24) is 29.6 Å². The zero-order valence-corrected chi connectivity index (χ0v) is 17.6. The van der Waals surface area contributed by atoms with Gasteiger partial charge in [-0.15, -0.1) is 0 Å². The monoisotopic (exact) mass is 414 g/mol. The number of imidazole rings is 2. The maximum absolute atomic E-state index is 13.2. The number of nitrogens with zero attached hydrogens (tertiary/aromatic N) is 4. The number of para-hydroxylation sites is 2. The molecule has 0 aliphatic heterocycles. The quantitative estimate of drug-likeness (QED) is 0.502. The topological polar surface area (TPSA) is 78.3 Å². The molecule has 0 unspecified atom stereocenters. The number of likely N-dealkylation sites (N-methyl/N-ethyl adjacent to an activating group) is 1. The van der Waals surface area contributed by atoms with Gasteiger partial charge in [-0.25, -0.2) is 9.97 Å². The van der Waals surface area contributed by atoms with Crippen molar-refractivity contribution < 1.29 is 4.79 Å². The summed E-state index contributed by atoms with van der Waals surface area (Å²) in [6, 6.07) is 13.8. The van der Waals surface area contributed by atoms with Gasteiger partial charge in [-0.3, -0.25) is 4.79 Å². The molecular weight excluding hydrogens is 388 g/mol. The van der Waals surface area contributed by atoms with Crippen LogP contribution in [0.15, 0.2) is 66.6 Å². The summed E-state index contributed by atoms with van der Waals surface area (Å²) < 4.78 is 2.03. The summed E-state index contributed by atoms with van der Waals surface area (Å²) in [6.45, 7) is 3.33. The lowest BCUT2D eigenvalue weighted by atomic mass is 9.98. The molecule has 5 rings (SSSR count). The van der Waals surface area contributed by atoms with E-state index in [1.54, 1.807) is 0 Å². The number of nitrogens with one attached hydrogen (secondary N) is 2. The van der Waals surface area contributed by atoms with Gasteiger partial charge in [0, 0.05) is 24.6 Å². The Morgan fingerprint density at radius 1 is 1.23 bits per heavy atom. The van der Waals surface area contributed by atoms with Gasteiger partial charge in [-0.1, -0.05) is 18.2 Å². The van der Waals surface area contributed by atoms with E-state index in [2.05, 4.69) is 26.3 Å². The normalized spacial score (nSPS) is 16.4. The van der Waals surface area contributed by atoms with Gasteiger partial charge in [-0.2, -0.15) is 0 Å². The van der Waals surface area contributed by atoms with Crippen LogP contribution in [0.4, 0.5) is 0 Å². The van der Waals surface area contributed by atoms with Crippen molar-refractivity contribution in [3.63, 3.8) is 0 Å². The fraction of sp³-hybridized carbons (Fsp3) is 0.292. The second-order valence-corrected chi connectivity index (χ2v) is 7.90. The highest BCUT2D eigenvalue weighted by molar-refractivity contribution is 5.94. The van der Waals surface area contributed by atoms with Crippen LogP contribution < -0.4 is 5.32 Å². The summed E-state index contributed by atoms with van der Waals surface area (Å²) in [4.78, 5) is 27.4. The van der Waals surface area contributed by atoms with Crippen molar-refractivity contribution in [1.29, 1.82) is 0 Å². The first-order chi connectivity index (χ1) is 15.2. The molecule has 31 heavy (non-hydrogen) atoms. The molecule has 3 aromatic heterocycles. The molecule has 1 aliphatic carbocycles. The Bertz CT molecular complexity index is 1190. The van der Waals surface area contributed by atoms with Crippen LogP contribution in [0.5, 0.6) is 0 Å². The van der Waals surface area contributed by atoms with E-state index in [9.17, 15) is 4.79 Å². The smallest absolute Gasteiger partial charge is 0.290 e. The molecule has 0 bridgehead atoms. The number of pyridine rings is 1. The van der Waals surface area contributed by atoms with Crippen LogP contribution in [-0.2, 0) is 6.54 Å². The van der Waals surface area contributed by atoms with Gasteiger partial charge in [0.05, 0.1) is 29.3 Å². The number of amides is 1. The molecule has 2 N–H and O–H groups in total. The zero-order valence-electron chi connectivity index (χ0n) is 17.6. The fourth-order valence-electron chi connectivity index (χ4n) is 4.29. The van der Waals surface area contributed by atoms with E-state index in [0.717, 1.165) is 41.6 Å². The highest BCUT2D eigenvalue weighted by Gasteiger charge is 2.26. The van der Waals surface area contributed by atoms with Crippen molar-refractivity contribution >= 4 is 22.6 Å². The lowest BCUT2D eigenvalue weighted by molar-refractivity contribution is 0.0700. The first kappa shape index (κ1) is 19.4. The molecule has 0 fully saturated rings. The van der Waals surface area contributed by atoms with Gasteiger partial charge in [0.25, 0.3) is 5.91 Å². The first-order valence-corrected chi connectivity index (χ1v) is 10.8. The number of allylic oxidation sites excluding steroid dienone is 1. The maximum Gasteiger partial charge on any atom is 0.290 e. The minimum atomic E-state index is -0.0541. The van der Waals surface area contributed by atoms with Crippen LogP contribution >= 0.6 is 0 Å². The highest BCUT2D eigenvalue weighted by atomic mass is 16.2. The number of aromatic amines is 1. The number of aromatic nitrogens is 4. The number of rotatable bonds is 6. The average Bonchev–Trinajstić information content (AvgIpc) is 3.42. The molecule has 7 heteroatoms. The summed E-state index contributed by atoms with van der Waals surface area (Å²) in [5, 5.41) is 3.53. The molecule has 0 spiro atoms. The second-order valence-electron chi connectivity index (χ2n) is 7.90. The molecule has 0 radical (unpaired) electrons. The number of benzene rings is 1. The summed E-state index contributed by atoms with van der Waals surface area (Å²) in [7, 11) is 0. The molecule has 0 saturated carbocycles. The molecule has 1 amide bonds. The fourth-order valence-corrected chi connectivity index (χ4v) is 4.29. The number of hydrogen-bond donors (Lipinski definition) is 2. The maximum atomic E-state index is 13.2. The van der Waals surface area contributed by atoms with Gasteiger partial charge in [0.2, 0.25) is 0 Å². The summed E-state index contributed by atoms with van der Waals surface area (Å²) >= 11 is 0. The van der Waals surface area contributed by atoms with Gasteiger partial charge < -0.3 is 19.6 Å². The van der Waals surface area contributed by atoms with Gasteiger partial charge in [0.15, 0.2) is 5.82 Å². The number of hydrogen-bond acceptors (Lipinski definition) is 4. The van der Waals surface area contributed by atoms with Crippen molar-refractivity contribution in [3.05, 3.63) is 78.1 Å². The third-order valence-corrected chi connectivity index (χ3v) is 5.84. The Morgan fingerprint density at radius 2 is 2.10 bits per heavy atom. The van der Waals surface area contributed by atoms with Crippen LogP contribution in [0.3, 0.4) is 0 Å². The van der Waals surface area contributed by atoms with E-state index in [0.29, 0.717) is 18.9 Å². The third-order valence-electron chi connectivity index (χ3n) is 5.84. The van der Waals surface area contributed by atoms with Crippen LogP contribution in [-0.4, -0.2) is 42.7 Å². The van der Waals surface area contributed by atoms with E-state index in [1.807, 2.05) is 71.1 Å². The number of fused-ring (bicyclic) bond motifs is 2. The minimum absolute atomic E-state index is 0.0541. The Labute approximate surface area is 180 Å². The molecule has 1 aliphatic rings. The largest absolute Gasteiger partial charge is 0.383 e. The van der Waals surface area contributed by atoms with Gasteiger partial charge in [0.1, 0.15) is 5.65 Å². The Balaban J connectivity index is 1.30. The predicted octanol–water partition coefficient (Wildman–Crippen LogP) is 3.90.